The minimum Gasteiger partial charge on any atom is -0.372 e. The molecule has 3 aliphatic heterocycles. The number of fused-ring (bicyclic) bond motifs is 1. The Labute approximate surface area is 270 Å². The normalized spacial score (nSPS) is 16.8. The predicted molar refractivity (Wildman–Crippen MR) is 184 cm³/mol. The highest BCUT2D eigenvalue weighted by molar-refractivity contribution is 6.09. The van der Waals surface area contributed by atoms with Crippen LogP contribution in [0.4, 0.5) is 34.4 Å². The molecule has 10 nitrogen and oxygen atoms in total. The van der Waals surface area contributed by atoms with Gasteiger partial charge in [0.2, 0.25) is 5.95 Å². The molecule has 2 saturated heterocycles. The van der Waals surface area contributed by atoms with Gasteiger partial charge in [-0.3, -0.25) is 9.59 Å². The molecule has 2 N–H and O–H groups in total. The molecule has 0 saturated carbocycles. The summed E-state index contributed by atoms with van der Waals surface area (Å²) in [6.07, 6.45) is 4.57. The number of nitrogens with one attached hydrogen (secondary N) is 2. The molecule has 0 spiro atoms. The van der Waals surface area contributed by atoms with E-state index in [2.05, 4.69) is 55.6 Å². The van der Waals surface area contributed by atoms with E-state index in [1.54, 1.807) is 11.1 Å². The average molecular weight is 617 g/mol. The largest absolute Gasteiger partial charge is 0.372 e. The van der Waals surface area contributed by atoms with Crippen molar-refractivity contribution in [3.8, 4) is 0 Å². The molecule has 0 bridgehead atoms. The van der Waals surface area contributed by atoms with Crippen molar-refractivity contribution in [1.82, 2.24) is 14.9 Å². The summed E-state index contributed by atoms with van der Waals surface area (Å²) in [6.45, 7) is 8.67. The molecule has 0 aliphatic carbocycles. The maximum absolute atomic E-state index is 13.7. The fourth-order valence-corrected chi connectivity index (χ4v) is 6.49. The molecular formula is C36H40N8O2. The molecule has 46 heavy (non-hydrogen) atoms. The number of aromatic nitrogens is 2. The second-order valence-electron chi connectivity index (χ2n) is 12.4. The van der Waals surface area contributed by atoms with Gasteiger partial charge < -0.3 is 30.2 Å². The van der Waals surface area contributed by atoms with E-state index in [0.717, 1.165) is 67.6 Å². The first-order valence-electron chi connectivity index (χ1n) is 16.2. The Morgan fingerprint density at radius 2 is 1.54 bits per heavy atom. The van der Waals surface area contributed by atoms with Crippen molar-refractivity contribution < 1.29 is 9.59 Å². The van der Waals surface area contributed by atoms with Gasteiger partial charge in [0.1, 0.15) is 0 Å². The number of hydrogen-bond donors (Lipinski definition) is 2. The van der Waals surface area contributed by atoms with E-state index in [4.69, 9.17) is 4.98 Å². The van der Waals surface area contributed by atoms with Gasteiger partial charge in [-0.2, -0.15) is 0 Å². The number of carbonyl (C=O) groups excluding carboxylic acids is 2. The zero-order valence-electron chi connectivity index (χ0n) is 26.5. The van der Waals surface area contributed by atoms with Crippen LogP contribution in [0.25, 0.3) is 0 Å². The molecule has 4 heterocycles. The van der Waals surface area contributed by atoms with E-state index in [-0.39, 0.29) is 11.8 Å². The van der Waals surface area contributed by atoms with Gasteiger partial charge in [0.05, 0.1) is 11.3 Å². The highest BCUT2D eigenvalue weighted by Crippen LogP contribution is 2.30. The van der Waals surface area contributed by atoms with Crippen LogP contribution in [-0.4, -0.2) is 79.5 Å². The summed E-state index contributed by atoms with van der Waals surface area (Å²) in [5.74, 6) is 0.157. The summed E-state index contributed by atoms with van der Waals surface area (Å²) in [7, 11) is 2.16. The van der Waals surface area contributed by atoms with Gasteiger partial charge in [-0.15, -0.1) is 0 Å². The Morgan fingerprint density at radius 1 is 0.804 bits per heavy atom. The van der Waals surface area contributed by atoms with E-state index in [1.165, 1.54) is 18.5 Å². The number of aryl methyl sites for hydroxylation is 1. The number of benzene rings is 3. The lowest BCUT2D eigenvalue weighted by Gasteiger charge is -2.34. The minimum absolute atomic E-state index is 0.144. The molecular weight excluding hydrogens is 576 g/mol. The van der Waals surface area contributed by atoms with Crippen molar-refractivity contribution in [2.45, 2.75) is 26.2 Å². The van der Waals surface area contributed by atoms with Gasteiger partial charge in [0.15, 0.2) is 0 Å². The number of hydrogen-bond acceptors (Lipinski definition) is 8. The minimum atomic E-state index is -0.173. The first-order chi connectivity index (χ1) is 22.4. The Kier molecular flexibility index (Phi) is 8.28. The predicted octanol–water partition coefficient (Wildman–Crippen LogP) is 5.34. The van der Waals surface area contributed by atoms with E-state index >= 15 is 0 Å². The van der Waals surface area contributed by atoms with Crippen molar-refractivity contribution in [3.63, 3.8) is 0 Å². The van der Waals surface area contributed by atoms with Gasteiger partial charge >= 0.3 is 0 Å². The van der Waals surface area contributed by atoms with Gasteiger partial charge in [-0.25, -0.2) is 9.97 Å². The molecule has 10 heteroatoms. The smallest absolute Gasteiger partial charge is 0.261 e. The molecule has 4 aromatic rings. The van der Waals surface area contributed by atoms with Crippen molar-refractivity contribution in [2.75, 3.05) is 78.2 Å². The number of amides is 2. The number of rotatable bonds is 7. The summed E-state index contributed by atoms with van der Waals surface area (Å²) >= 11 is 0. The summed E-state index contributed by atoms with van der Waals surface area (Å²) in [5.41, 5.74) is 7.38. The summed E-state index contributed by atoms with van der Waals surface area (Å²) in [6, 6.07) is 21.8. The van der Waals surface area contributed by atoms with E-state index in [0.29, 0.717) is 35.7 Å². The standard InChI is InChI=1S/C36H40N8O2/c1-25-8-9-28(38-34(45)26-6-5-7-30(22-26)42-15-3-4-16-42)23-33(25)44-17-14-32-31(35(44)46)24-37-36(40-32)39-27-10-12-29(13-11-27)43-20-18-41(2)19-21-43/h5-13,22-24H,3-4,14-21H2,1-2H3,(H,38,45)(H,37,39,40). The monoisotopic (exact) mass is 616 g/mol. The molecule has 7 rings (SSSR count). The molecule has 0 radical (unpaired) electrons. The van der Waals surface area contributed by atoms with Crippen LogP contribution in [0.5, 0.6) is 0 Å². The molecule has 0 atom stereocenters. The summed E-state index contributed by atoms with van der Waals surface area (Å²) in [4.78, 5) is 44.9. The topological polar surface area (TPSA) is 96.9 Å². The van der Waals surface area contributed by atoms with Gasteiger partial charge in [0, 0.05) is 92.4 Å². The van der Waals surface area contributed by atoms with Crippen molar-refractivity contribution >= 4 is 46.2 Å². The van der Waals surface area contributed by atoms with Crippen molar-refractivity contribution in [1.29, 1.82) is 0 Å². The maximum Gasteiger partial charge on any atom is 0.261 e. The number of carbonyl (C=O) groups is 2. The Balaban J connectivity index is 1.02. The number of nitrogens with zero attached hydrogens (tertiary/aromatic N) is 6. The summed E-state index contributed by atoms with van der Waals surface area (Å²) in [5, 5.41) is 6.34. The third-order valence-electron chi connectivity index (χ3n) is 9.24. The van der Waals surface area contributed by atoms with Crippen LogP contribution in [0.1, 0.15) is 44.8 Å². The maximum atomic E-state index is 13.7. The Hall–Kier alpha value is -4.96. The highest BCUT2D eigenvalue weighted by Gasteiger charge is 2.29. The molecule has 3 aliphatic rings. The first-order valence-corrected chi connectivity index (χ1v) is 16.2. The van der Waals surface area contributed by atoms with Gasteiger partial charge in [-0.1, -0.05) is 12.1 Å². The molecule has 3 aromatic carbocycles. The summed E-state index contributed by atoms with van der Waals surface area (Å²) < 4.78 is 0. The second-order valence-corrected chi connectivity index (χ2v) is 12.4. The first kappa shape index (κ1) is 29.7. The Bertz CT molecular complexity index is 1740. The van der Waals surface area contributed by atoms with E-state index in [9.17, 15) is 9.59 Å². The van der Waals surface area contributed by atoms with Crippen LogP contribution in [0.2, 0.25) is 0 Å². The van der Waals surface area contributed by atoms with Crippen molar-refractivity contribution in [3.05, 3.63) is 95.3 Å². The third-order valence-corrected chi connectivity index (χ3v) is 9.24. The molecule has 2 fully saturated rings. The lowest BCUT2D eigenvalue weighted by atomic mass is 10.0. The molecule has 2 amide bonds. The van der Waals surface area contributed by atoms with Crippen LogP contribution in [0.3, 0.4) is 0 Å². The quantitative estimate of drug-likeness (QED) is 0.288. The van der Waals surface area contributed by atoms with Crippen molar-refractivity contribution in [2.24, 2.45) is 0 Å². The number of piperazine rings is 1. The average Bonchev–Trinajstić information content (AvgIpc) is 3.62. The van der Waals surface area contributed by atoms with E-state index in [1.807, 2.05) is 55.5 Å². The van der Waals surface area contributed by atoms with Gasteiger partial charge in [0.25, 0.3) is 11.8 Å². The van der Waals surface area contributed by atoms with Crippen LogP contribution in [-0.2, 0) is 6.42 Å². The zero-order valence-corrected chi connectivity index (χ0v) is 26.5. The lowest BCUT2D eigenvalue weighted by molar-refractivity contribution is 0.0978. The fraction of sp³-hybridized carbons (Fsp3) is 0.333. The molecule has 0 unspecified atom stereocenters. The Morgan fingerprint density at radius 3 is 2.33 bits per heavy atom. The van der Waals surface area contributed by atoms with Crippen LogP contribution in [0, 0.1) is 6.92 Å². The van der Waals surface area contributed by atoms with Crippen LogP contribution >= 0.6 is 0 Å². The van der Waals surface area contributed by atoms with Crippen LogP contribution < -0.4 is 25.3 Å². The van der Waals surface area contributed by atoms with Crippen LogP contribution in [0.15, 0.2) is 72.9 Å². The SMILES string of the molecule is Cc1ccc(NC(=O)c2cccc(N3CCCC3)c2)cc1N1CCc2nc(Nc3ccc(N4CCN(C)CC4)cc3)ncc2C1=O. The zero-order chi connectivity index (χ0) is 31.6. The van der Waals surface area contributed by atoms with E-state index < -0.39 is 0 Å². The number of anilines is 6. The molecule has 236 valence electrons. The van der Waals surface area contributed by atoms with Gasteiger partial charge in [-0.05, 0) is 87.0 Å². The lowest BCUT2D eigenvalue weighted by Crippen LogP contribution is -2.44. The highest BCUT2D eigenvalue weighted by atomic mass is 16.2. The molecule has 1 aromatic heterocycles. The number of likely N-dealkylation sites (N-methyl/N-ethyl adjacent to an activating group) is 1. The third kappa shape index (κ3) is 6.25. The second kappa shape index (κ2) is 12.8. The fourth-order valence-electron chi connectivity index (χ4n) is 6.49.